The van der Waals surface area contributed by atoms with E-state index in [2.05, 4.69) is 0 Å². The molecule has 4 rings (SSSR count). The molecule has 0 fully saturated rings. The Labute approximate surface area is 170 Å². The van der Waals surface area contributed by atoms with Crippen molar-refractivity contribution in [1.29, 1.82) is 0 Å². The van der Waals surface area contributed by atoms with Crippen LogP contribution in [-0.2, 0) is 4.79 Å². The topological polar surface area (TPSA) is 70.8 Å². The number of carbonyl (C=O) groups is 1. The van der Waals surface area contributed by atoms with Gasteiger partial charge in [0.15, 0.2) is 0 Å². The van der Waals surface area contributed by atoms with Gasteiger partial charge >= 0.3 is 0 Å². The van der Waals surface area contributed by atoms with Crippen molar-refractivity contribution in [2.45, 2.75) is 18.9 Å². The number of nitrogens with two attached hydrogens (primary N) is 1. The molecule has 148 valence electrons. The first-order valence-electron chi connectivity index (χ1n) is 9.44. The fraction of sp³-hybridized carbons (Fsp3) is 0.208. The van der Waals surface area contributed by atoms with Crippen LogP contribution in [0, 0.1) is 0 Å². The summed E-state index contributed by atoms with van der Waals surface area (Å²) in [7, 11) is 3.29. The Morgan fingerprint density at radius 1 is 1.03 bits per heavy atom. The molecule has 0 aliphatic carbocycles. The van der Waals surface area contributed by atoms with Gasteiger partial charge in [0.05, 0.1) is 25.7 Å². The van der Waals surface area contributed by atoms with E-state index in [1.54, 1.807) is 14.2 Å². The zero-order chi connectivity index (χ0) is 20.5. The van der Waals surface area contributed by atoms with Crippen molar-refractivity contribution in [3.05, 3.63) is 77.4 Å². The number of hydrogen-bond donors (Lipinski definition) is 1. The van der Waals surface area contributed by atoms with E-state index in [9.17, 15) is 4.79 Å². The van der Waals surface area contributed by atoms with E-state index in [0.717, 1.165) is 45.1 Å². The number of benzene rings is 3. The Kier molecular flexibility index (Phi) is 4.89. The molecule has 0 saturated carbocycles. The monoisotopic (exact) mass is 389 g/mol. The summed E-state index contributed by atoms with van der Waals surface area (Å²) in [6.07, 6.45) is -0.347. The van der Waals surface area contributed by atoms with E-state index in [4.69, 9.17) is 19.9 Å². The maximum absolute atomic E-state index is 11.8. The Bertz CT molecular complexity index is 1080. The van der Waals surface area contributed by atoms with Crippen LogP contribution in [0.25, 0.3) is 11.1 Å². The summed E-state index contributed by atoms with van der Waals surface area (Å²) in [6, 6.07) is 19.5. The number of ether oxygens (including phenoxy) is 3. The predicted molar refractivity (Wildman–Crippen MR) is 112 cm³/mol. The number of amides is 1. The van der Waals surface area contributed by atoms with E-state index in [0.29, 0.717) is 0 Å². The van der Waals surface area contributed by atoms with Gasteiger partial charge in [-0.3, -0.25) is 4.79 Å². The van der Waals surface area contributed by atoms with Crippen LogP contribution < -0.4 is 19.9 Å². The van der Waals surface area contributed by atoms with E-state index >= 15 is 0 Å². The molecular formula is C24H23NO4. The second-order valence-corrected chi connectivity index (χ2v) is 7.08. The highest BCUT2D eigenvalue weighted by molar-refractivity contribution is 5.84. The summed E-state index contributed by atoms with van der Waals surface area (Å²) in [5.41, 5.74) is 10.2. The lowest BCUT2D eigenvalue weighted by atomic mass is 9.86. The van der Waals surface area contributed by atoms with Gasteiger partial charge in [-0.2, -0.15) is 0 Å². The van der Waals surface area contributed by atoms with Crippen LogP contribution in [0.2, 0.25) is 0 Å². The third kappa shape index (κ3) is 3.29. The van der Waals surface area contributed by atoms with Gasteiger partial charge in [-0.05, 0) is 42.3 Å². The average Bonchev–Trinajstić information content (AvgIpc) is 2.76. The molecule has 1 aliphatic heterocycles. The summed E-state index contributed by atoms with van der Waals surface area (Å²) in [5.74, 6) is 1.48. The van der Waals surface area contributed by atoms with Gasteiger partial charge in [-0.1, -0.05) is 36.4 Å². The molecule has 1 heterocycles. The van der Waals surface area contributed by atoms with Crippen LogP contribution in [0.3, 0.4) is 0 Å². The van der Waals surface area contributed by atoms with Gasteiger partial charge in [0.25, 0.3) is 0 Å². The third-order valence-electron chi connectivity index (χ3n) is 5.40. The van der Waals surface area contributed by atoms with Crippen molar-refractivity contribution in [3.8, 4) is 28.4 Å². The number of carbonyl (C=O) groups excluding carboxylic acids is 1. The van der Waals surface area contributed by atoms with Crippen LogP contribution in [0.1, 0.15) is 35.6 Å². The highest BCUT2D eigenvalue weighted by Crippen LogP contribution is 2.49. The molecule has 5 heteroatoms. The van der Waals surface area contributed by atoms with Gasteiger partial charge in [-0.25, -0.2) is 0 Å². The molecule has 0 spiro atoms. The van der Waals surface area contributed by atoms with E-state index < -0.39 is 5.92 Å². The number of rotatable bonds is 5. The maximum Gasteiger partial charge on any atom is 0.224 e. The van der Waals surface area contributed by atoms with Gasteiger partial charge in [-0.15, -0.1) is 0 Å². The summed E-state index contributed by atoms with van der Waals surface area (Å²) < 4.78 is 17.4. The minimum Gasteiger partial charge on any atom is -0.497 e. The largest absolute Gasteiger partial charge is 0.497 e. The Balaban J connectivity index is 1.93. The highest BCUT2D eigenvalue weighted by atomic mass is 16.5. The van der Waals surface area contributed by atoms with Crippen LogP contribution in [-0.4, -0.2) is 20.1 Å². The van der Waals surface area contributed by atoms with Crippen LogP contribution in [0.5, 0.6) is 17.2 Å². The van der Waals surface area contributed by atoms with Crippen molar-refractivity contribution in [1.82, 2.24) is 0 Å². The zero-order valence-electron chi connectivity index (χ0n) is 16.6. The number of primary amides is 1. The molecule has 0 radical (unpaired) electrons. The molecule has 2 unspecified atom stereocenters. The second-order valence-electron chi connectivity index (χ2n) is 7.08. The van der Waals surface area contributed by atoms with Crippen molar-refractivity contribution in [3.63, 3.8) is 0 Å². The van der Waals surface area contributed by atoms with E-state index in [1.807, 2.05) is 67.6 Å². The quantitative estimate of drug-likeness (QED) is 0.700. The molecule has 0 saturated heterocycles. The molecular weight excluding hydrogens is 366 g/mol. The molecule has 0 bridgehead atoms. The molecule has 3 aromatic rings. The minimum atomic E-state index is -0.398. The van der Waals surface area contributed by atoms with E-state index in [-0.39, 0.29) is 12.0 Å². The molecule has 0 aromatic heterocycles. The van der Waals surface area contributed by atoms with Gasteiger partial charge < -0.3 is 19.9 Å². The first-order valence-corrected chi connectivity index (χ1v) is 9.44. The van der Waals surface area contributed by atoms with Crippen molar-refractivity contribution >= 4 is 5.91 Å². The molecule has 3 aromatic carbocycles. The molecule has 2 N–H and O–H groups in total. The van der Waals surface area contributed by atoms with Crippen LogP contribution in [0.15, 0.2) is 60.7 Å². The predicted octanol–water partition coefficient (Wildman–Crippen LogP) is 4.44. The highest BCUT2D eigenvalue weighted by Gasteiger charge is 2.30. The summed E-state index contributed by atoms with van der Waals surface area (Å²) in [4.78, 5) is 11.8. The van der Waals surface area contributed by atoms with Gasteiger partial charge in [0.1, 0.15) is 23.4 Å². The van der Waals surface area contributed by atoms with Crippen molar-refractivity contribution in [2.75, 3.05) is 14.2 Å². The molecule has 1 amide bonds. The first-order chi connectivity index (χ1) is 14.0. The molecule has 1 aliphatic rings. The summed E-state index contributed by atoms with van der Waals surface area (Å²) >= 11 is 0. The number of hydrogen-bond acceptors (Lipinski definition) is 4. The lowest BCUT2D eigenvalue weighted by molar-refractivity contribution is -0.119. The average molecular weight is 389 g/mol. The molecule has 5 nitrogen and oxygen atoms in total. The summed E-state index contributed by atoms with van der Waals surface area (Å²) in [5, 5.41) is 0. The van der Waals surface area contributed by atoms with Crippen LogP contribution in [0.4, 0.5) is 0 Å². The zero-order valence-corrected chi connectivity index (χ0v) is 16.6. The number of methoxy groups -OCH3 is 2. The third-order valence-corrected chi connectivity index (χ3v) is 5.40. The normalized spacial score (nSPS) is 15.5. The first kappa shape index (κ1) is 18.9. The van der Waals surface area contributed by atoms with Crippen LogP contribution >= 0.6 is 0 Å². The fourth-order valence-electron chi connectivity index (χ4n) is 3.75. The lowest BCUT2D eigenvalue weighted by Crippen LogP contribution is -2.20. The second kappa shape index (κ2) is 7.51. The maximum atomic E-state index is 11.8. The minimum absolute atomic E-state index is 0.347. The SMILES string of the molecule is COc1cccc(C2Oc3cccc(OC)c3-c3ccc(C(C)C(N)=O)cc32)c1. The Hall–Kier alpha value is -3.47. The van der Waals surface area contributed by atoms with Crippen molar-refractivity contribution < 1.29 is 19.0 Å². The lowest BCUT2D eigenvalue weighted by Gasteiger charge is -2.31. The van der Waals surface area contributed by atoms with Gasteiger partial charge in [0, 0.05) is 11.1 Å². The standard InChI is InChI=1S/C24H23NO4/c1-14(24(25)26)15-10-11-18-19(13-15)23(16-6-4-7-17(12-16)27-2)29-21-9-5-8-20(28-3)22(18)21/h4-14,23H,1-3H3,(H2,25,26). The smallest absolute Gasteiger partial charge is 0.224 e. The molecule has 2 atom stereocenters. The van der Waals surface area contributed by atoms with Crippen molar-refractivity contribution in [2.24, 2.45) is 5.73 Å². The fourth-order valence-corrected chi connectivity index (χ4v) is 3.75. The molecule has 29 heavy (non-hydrogen) atoms. The van der Waals surface area contributed by atoms with Gasteiger partial charge in [0.2, 0.25) is 5.91 Å². The number of fused-ring (bicyclic) bond motifs is 3. The Morgan fingerprint density at radius 3 is 2.55 bits per heavy atom. The summed E-state index contributed by atoms with van der Waals surface area (Å²) in [6.45, 7) is 1.81. The van der Waals surface area contributed by atoms with E-state index in [1.165, 1.54) is 0 Å². The Morgan fingerprint density at radius 2 is 1.83 bits per heavy atom.